The predicted molar refractivity (Wildman–Crippen MR) is 72.4 cm³/mol. The molecular formula is C12H15N7. The van der Waals surface area contributed by atoms with Crippen LogP contribution in [0.5, 0.6) is 0 Å². The minimum Gasteiger partial charge on any atom is -0.382 e. The van der Waals surface area contributed by atoms with Crippen molar-refractivity contribution < 1.29 is 0 Å². The summed E-state index contributed by atoms with van der Waals surface area (Å²) in [6, 6.07) is 3.92. The molecule has 0 fully saturated rings. The van der Waals surface area contributed by atoms with Gasteiger partial charge in [0.2, 0.25) is 0 Å². The number of hydrogen-bond acceptors (Lipinski definition) is 6. The zero-order valence-electron chi connectivity index (χ0n) is 10.3. The van der Waals surface area contributed by atoms with Gasteiger partial charge in [-0.3, -0.25) is 10.7 Å². The third kappa shape index (κ3) is 2.27. The summed E-state index contributed by atoms with van der Waals surface area (Å²) in [5, 5.41) is 3.11. The summed E-state index contributed by atoms with van der Waals surface area (Å²) < 4.78 is 0. The normalized spacial score (nSPS) is 21.4. The molecule has 3 heterocycles. The number of nitrogens with one attached hydrogen (secondary N) is 2. The SMILES string of the molecule is NC1=NC(N)(CCc2ccncc2)Nc2nc[nH]c21. The molecular weight excluding hydrogens is 242 g/mol. The van der Waals surface area contributed by atoms with Crippen molar-refractivity contribution in [3.63, 3.8) is 0 Å². The van der Waals surface area contributed by atoms with E-state index in [0.29, 0.717) is 23.8 Å². The number of aliphatic imine (C=N–C) groups is 1. The van der Waals surface area contributed by atoms with Crippen LogP contribution < -0.4 is 16.8 Å². The van der Waals surface area contributed by atoms with Crippen LogP contribution in [0.25, 0.3) is 0 Å². The van der Waals surface area contributed by atoms with Gasteiger partial charge < -0.3 is 16.0 Å². The lowest BCUT2D eigenvalue weighted by Crippen LogP contribution is -2.50. The molecule has 1 unspecified atom stereocenters. The van der Waals surface area contributed by atoms with E-state index < -0.39 is 5.79 Å². The molecule has 0 aliphatic carbocycles. The van der Waals surface area contributed by atoms with Crippen LogP contribution in [0, 0.1) is 0 Å². The van der Waals surface area contributed by atoms with E-state index in [2.05, 4.69) is 25.3 Å². The molecule has 7 heteroatoms. The smallest absolute Gasteiger partial charge is 0.186 e. The van der Waals surface area contributed by atoms with E-state index in [4.69, 9.17) is 11.5 Å². The van der Waals surface area contributed by atoms with Crippen LogP contribution >= 0.6 is 0 Å². The van der Waals surface area contributed by atoms with Gasteiger partial charge in [-0.25, -0.2) is 9.98 Å². The minimum atomic E-state index is -0.921. The van der Waals surface area contributed by atoms with Crippen molar-refractivity contribution >= 4 is 11.7 Å². The van der Waals surface area contributed by atoms with E-state index in [1.54, 1.807) is 18.7 Å². The highest BCUT2D eigenvalue weighted by Crippen LogP contribution is 2.23. The van der Waals surface area contributed by atoms with Gasteiger partial charge in [-0.1, -0.05) is 0 Å². The molecule has 1 aliphatic rings. The zero-order chi connectivity index (χ0) is 13.3. The van der Waals surface area contributed by atoms with Gasteiger partial charge in [0.25, 0.3) is 0 Å². The fraction of sp³-hybridized carbons (Fsp3) is 0.250. The lowest BCUT2D eigenvalue weighted by atomic mass is 10.1. The molecule has 0 aromatic carbocycles. The van der Waals surface area contributed by atoms with Gasteiger partial charge in [0.15, 0.2) is 11.6 Å². The number of aromatic amines is 1. The summed E-state index contributed by atoms with van der Waals surface area (Å²) in [7, 11) is 0. The van der Waals surface area contributed by atoms with Crippen LogP contribution in [0.2, 0.25) is 0 Å². The number of anilines is 1. The second-order valence-corrected chi connectivity index (χ2v) is 4.53. The topological polar surface area (TPSA) is 118 Å². The number of amidine groups is 1. The summed E-state index contributed by atoms with van der Waals surface area (Å²) in [5.74, 6) is 0.100. The third-order valence-corrected chi connectivity index (χ3v) is 3.09. The van der Waals surface area contributed by atoms with Gasteiger partial charge in [-0.15, -0.1) is 0 Å². The summed E-state index contributed by atoms with van der Waals surface area (Å²) in [6.45, 7) is 0. The molecule has 0 saturated heterocycles. The van der Waals surface area contributed by atoms with Crippen LogP contribution in [0.4, 0.5) is 5.82 Å². The van der Waals surface area contributed by atoms with Gasteiger partial charge in [-0.2, -0.15) is 0 Å². The molecule has 0 spiro atoms. The lowest BCUT2D eigenvalue weighted by molar-refractivity contribution is 0.463. The number of imidazole rings is 1. The second kappa shape index (κ2) is 4.36. The lowest BCUT2D eigenvalue weighted by Gasteiger charge is -2.30. The Balaban J connectivity index is 1.76. The molecule has 7 nitrogen and oxygen atoms in total. The fourth-order valence-corrected chi connectivity index (χ4v) is 2.09. The molecule has 2 aromatic rings. The van der Waals surface area contributed by atoms with Gasteiger partial charge in [-0.05, 0) is 24.1 Å². The first-order valence-corrected chi connectivity index (χ1v) is 6.01. The van der Waals surface area contributed by atoms with Crippen LogP contribution in [0.1, 0.15) is 17.7 Å². The van der Waals surface area contributed by atoms with E-state index in [1.807, 2.05) is 12.1 Å². The van der Waals surface area contributed by atoms with Gasteiger partial charge in [0.05, 0.1) is 6.33 Å². The van der Waals surface area contributed by atoms with Crippen LogP contribution in [-0.4, -0.2) is 26.6 Å². The Hall–Kier alpha value is -2.41. The van der Waals surface area contributed by atoms with Crippen LogP contribution in [0.15, 0.2) is 35.8 Å². The van der Waals surface area contributed by atoms with Gasteiger partial charge in [0, 0.05) is 18.8 Å². The number of nitrogens with two attached hydrogens (primary N) is 2. The number of aryl methyl sites for hydroxylation is 1. The van der Waals surface area contributed by atoms with Crippen LogP contribution in [-0.2, 0) is 6.42 Å². The molecule has 1 atom stereocenters. The van der Waals surface area contributed by atoms with Crippen molar-refractivity contribution in [3.05, 3.63) is 42.1 Å². The molecule has 1 aliphatic heterocycles. The van der Waals surface area contributed by atoms with Crippen molar-refractivity contribution in [2.75, 3.05) is 5.32 Å². The fourth-order valence-electron chi connectivity index (χ4n) is 2.09. The maximum Gasteiger partial charge on any atom is 0.186 e. The molecule has 19 heavy (non-hydrogen) atoms. The molecule has 0 bridgehead atoms. The minimum absolute atomic E-state index is 0.378. The summed E-state index contributed by atoms with van der Waals surface area (Å²) in [5.41, 5.74) is 13.9. The van der Waals surface area contributed by atoms with Crippen molar-refractivity contribution in [1.29, 1.82) is 0 Å². The Morgan fingerprint density at radius 3 is 2.84 bits per heavy atom. The second-order valence-electron chi connectivity index (χ2n) is 4.53. The van der Waals surface area contributed by atoms with E-state index >= 15 is 0 Å². The van der Waals surface area contributed by atoms with E-state index in [9.17, 15) is 0 Å². The highest BCUT2D eigenvalue weighted by Gasteiger charge is 2.31. The maximum atomic E-state index is 6.22. The molecule has 2 aromatic heterocycles. The number of pyridine rings is 1. The van der Waals surface area contributed by atoms with E-state index in [1.165, 1.54) is 0 Å². The number of rotatable bonds is 3. The van der Waals surface area contributed by atoms with Gasteiger partial charge in [0.1, 0.15) is 11.5 Å². The highest BCUT2D eigenvalue weighted by atomic mass is 15.3. The molecule has 6 N–H and O–H groups in total. The first kappa shape index (κ1) is 11.7. The van der Waals surface area contributed by atoms with Gasteiger partial charge >= 0.3 is 0 Å². The predicted octanol–water partition coefficient (Wildman–Crippen LogP) is 0.181. The number of nitrogens with zero attached hydrogens (tertiary/aromatic N) is 3. The van der Waals surface area contributed by atoms with E-state index in [0.717, 1.165) is 12.0 Å². The molecule has 0 saturated carbocycles. The first-order valence-electron chi connectivity index (χ1n) is 6.01. The monoisotopic (exact) mass is 257 g/mol. The Kier molecular flexibility index (Phi) is 2.68. The summed E-state index contributed by atoms with van der Waals surface area (Å²) in [4.78, 5) is 15.4. The largest absolute Gasteiger partial charge is 0.382 e. The average molecular weight is 257 g/mol. The van der Waals surface area contributed by atoms with Crippen molar-refractivity contribution in [1.82, 2.24) is 15.0 Å². The molecule has 98 valence electrons. The van der Waals surface area contributed by atoms with Crippen LogP contribution in [0.3, 0.4) is 0 Å². The highest BCUT2D eigenvalue weighted by molar-refractivity contribution is 6.01. The first-order chi connectivity index (χ1) is 9.16. The number of H-pyrrole nitrogens is 1. The Morgan fingerprint density at radius 2 is 2.05 bits per heavy atom. The number of aromatic nitrogens is 3. The Morgan fingerprint density at radius 1 is 1.26 bits per heavy atom. The molecule has 3 rings (SSSR count). The Bertz CT molecular complexity index is 604. The molecule has 0 amide bonds. The quantitative estimate of drug-likeness (QED) is 0.625. The zero-order valence-corrected chi connectivity index (χ0v) is 10.3. The van der Waals surface area contributed by atoms with Crippen molar-refractivity contribution in [2.45, 2.75) is 18.6 Å². The molecule has 0 radical (unpaired) electrons. The maximum absolute atomic E-state index is 6.22. The average Bonchev–Trinajstić information content (AvgIpc) is 2.86. The standard InChI is InChI=1S/C12H15N7/c13-10-9-11(17-7-16-9)19-12(14,18-10)4-1-8-2-5-15-6-3-8/h2-3,5-7,19H,1,4,14H2,(H2,13,18)(H,16,17). The summed E-state index contributed by atoms with van der Waals surface area (Å²) in [6.07, 6.45) is 6.48. The van der Waals surface area contributed by atoms with Crippen molar-refractivity contribution in [2.24, 2.45) is 16.5 Å². The number of hydrogen-bond donors (Lipinski definition) is 4. The number of fused-ring (bicyclic) bond motifs is 1. The summed E-state index contributed by atoms with van der Waals surface area (Å²) >= 11 is 0. The van der Waals surface area contributed by atoms with E-state index in [-0.39, 0.29) is 0 Å². The van der Waals surface area contributed by atoms with Crippen molar-refractivity contribution in [3.8, 4) is 0 Å². The third-order valence-electron chi connectivity index (χ3n) is 3.09. The Labute approximate surface area is 110 Å².